The molecule has 19 heavy (non-hydrogen) atoms. The van der Waals surface area contributed by atoms with Crippen molar-refractivity contribution in [2.45, 2.75) is 6.10 Å². The zero-order valence-electron chi connectivity index (χ0n) is 11.3. The molecule has 1 rings (SSSR count). The van der Waals surface area contributed by atoms with E-state index in [1.807, 2.05) is 0 Å². The highest BCUT2D eigenvalue weighted by Gasteiger charge is 2.16. The lowest BCUT2D eigenvalue weighted by atomic mass is 10.1. The van der Waals surface area contributed by atoms with E-state index in [0.717, 1.165) is 0 Å². The molecule has 1 amide bonds. The van der Waals surface area contributed by atoms with Gasteiger partial charge in [-0.1, -0.05) is 6.07 Å². The smallest absolute Gasteiger partial charge is 0.255 e. The molecule has 1 aromatic carbocycles. The minimum absolute atomic E-state index is 0.104. The molecular formula is C13H19NO5. The molecule has 106 valence electrons. The average molecular weight is 269 g/mol. The molecule has 0 aromatic heterocycles. The maximum atomic E-state index is 12.0. The first-order valence-corrected chi connectivity index (χ1v) is 5.80. The van der Waals surface area contributed by atoms with Crippen molar-refractivity contribution < 1.29 is 24.1 Å². The fourth-order valence-corrected chi connectivity index (χ4v) is 1.62. The Morgan fingerprint density at radius 1 is 1.32 bits per heavy atom. The van der Waals surface area contributed by atoms with Gasteiger partial charge in [0.25, 0.3) is 5.91 Å². The third-order valence-corrected chi connectivity index (χ3v) is 2.50. The van der Waals surface area contributed by atoms with Gasteiger partial charge in [0.05, 0.1) is 32.5 Å². The van der Waals surface area contributed by atoms with Crippen LogP contribution in [0.1, 0.15) is 10.4 Å². The highest BCUT2D eigenvalue weighted by atomic mass is 16.5. The van der Waals surface area contributed by atoms with Crippen molar-refractivity contribution >= 4 is 5.91 Å². The molecule has 1 aromatic rings. The van der Waals surface area contributed by atoms with Gasteiger partial charge in [-0.25, -0.2) is 0 Å². The van der Waals surface area contributed by atoms with Gasteiger partial charge in [0.2, 0.25) is 0 Å². The maximum absolute atomic E-state index is 12.0. The standard InChI is InChI=1S/C13H19NO5/c1-17-8-9(15)7-14-13(16)10-5-4-6-11(18-2)12(10)19-3/h4-6,9,15H,7-8H2,1-3H3,(H,14,16). The first-order valence-electron chi connectivity index (χ1n) is 5.80. The Hall–Kier alpha value is -1.79. The first kappa shape index (κ1) is 15.3. The average Bonchev–Trinajstić information content (AvgIpc) is 2.44. The summed E-state index contributed by atoms with van der Waals surface area (Å²) in [6.07, 6.45) is -0.745. The largest absolute Gasteiger partial charge is 0.493 e. The number of amides is 1. The molecule has 0 saturated carbocycles. The summed E-state index contributed by atoms with van der Waals surface area (Å²) in [4.78, 5) is 12.0. The fourth-order valence-electron chi connectivity index (χ4n) is 1.62. The quantitative estimate of drug-likeness (QED) is 0.751. The van der Waals surface area contributed by atoms with Gasteiger partial charge in [-0.3, -0.25) is 4.79 Å². The van der Waals surface area contributed by atoms with Crippen LogP contribution in [0.4, 0.5) is 0 Å². The SMILES string of the molecule is COCC(O)CNC(=O)c1cccc(OC)c1OC. The van der Waals surface area contributed by atoms with Crippen molar-refractivity contribution in [3.8, 4) is 11.5 Å². The predicted octanol–water partition coefficient (Wildman–Crippen LogP) is 0.441. The molecule has 0 aliphatic carbocycles. The first-order chi connectivity index (χ1) is 9.13. The van der Waals surface area contributed by atoms with E-state index < -0.39 is 6.10 Å². The summed E-state index contributed by atoms with van der Waals surface area (Å²) < 4.78 is 15.1. The Morgan fingerprint density at radius 3 is 2.63 bits per heavy atom. The van der Waals surface area contributed by atoms with Crippen LogP contribution in [-0.2, 0) is 4.74 Å². The Bertz CT molecular complexity index is 421. The molecule has 0 fully saturated rings. The van der Waals surface area contributed by atoms with Crippen LogP contribution in [0, 0.1) is 0 Å². The van der Waals surface area contributed by atoms with E-state index in [1.54, 1.807) is 18.2 Å². The van der Waals surface area contributed by atoms with Gasteiger partial charge in [0.15, 0.2) is 11.5 Å². The van der Waals surface area contributed by atoms with E-state index in [-0.39, 0.29) is 19.1 Å². The lowest BCUT2D eigenvalue weighted by molar-refractivity contribution is 0.0609. The molecule has 6 nitrogen and oxygen atoms in total. The molecule has 1 atom stereocenters. The van der Waals surface area contributed by atoms with Crippen LogP contribution in [-0.4, -0.2) is 51.6 Å². The van der Waals surface area contributed by atoms with Gasteiger partial charge in [0.1, 0.15) is 0 Å². The number of aliphatic hydroxyl groups is 1. The monoisotopic (exact) mass is 269 g/mol. The Morgan fingerprint density at radius 2 is 2.05 bits per heavy atom. The summed E-state index contributed by atoms with van der Waals surface area (Å²) in [7, 11) is 4.45. The molecule has 0 spiro atoms. The molecule has 0 heterocycles. The van der Waals surface area contributed by atoms with Crippen LogP contribution >= 0.6 is 0 Å². The number of hydrogen-bond donors (Lipinski definition) is 2. The minimum Gasteiger partial charge on any atom is -0.493 e. The number of carbonyl (C=O) groups excluding carboxylic acids is 1. The number of carbonyl (C=O) groups is 1. The lowest BCUT2D eigenvalue weighted by Crippen LogP contribution is -2.34. The van der Waals surface area contributed by atoms with Gasteiger partial charge in [-0.05, 0) is 12.1 Å². The number of methoxy groups -OCH3 is 3. The summed E-state index contributed by atoms with van der Waals surface area (Å²) in [5.41, 5.74) is 0.353. The van der Waals surface area contributed by atoms with Crippen LogP contribution < -0.4 is 14.8 Å². The van der Waals surface area contributed by atoms with Crippen LogP contribution in [0.25, 0.3) is 0 Å². The topological polar surface area (TPSA) is 77.0 Å². The van der Waals surface area contributed by atoms with E-state index in [9.17, 15) is 9.90 Å². The number of para-hydroxylation sites is 1. The summed E-state index contributed by atoms with van der Waals surface area (Å²) in [6.45, 7) is 0.266. The summed E-state index contributed by atoms with van der Waals surface area (Å²) >= 11 is 0. The molecule has 6 heteroatoms. The molecule has 0 aliphatic heterocycles. The predicted molar refractivity (Wildman–Crippen MR) is 69.8 cm³/mol. The minimum atomic E-state index is -0.745. The molecule has 0 radical (unpaired) electrons. The van der Waals surface area contributed by atoms with E-state index in [2.05, 4.69) is 5.32 Å². The van der Waals surface area contributed by atoms with Crippen molar-refractivity contribution in [2.24, 2.45) is 0 Å². The van der Waals surface area contributed by atoms with E-state index in [0.29, 0.717) is 17.1 Å². The summed E-state index contributed by atoms with van der Waals surface area (Å²) in [6, 6.07) is 5.02. The van der Waals surface area contributed by atoms with Gasteiger partial charge >= 0.3 is 0 Å². The number of benzene rings is 1. The zero-order chi connectivity index (χ0) is 14.3. The van der Waals surface area contributed by atoms with Gasteiger partial charge in [-0.2, -0.15) is 0 Å². The van der Waals surface area contributed by atoms with Gasteiger partial charge in [0, 0.05) is 13.7 Å². The molecule has 0 saturated heterocycles. The zero-order valence-corrected chi connectivity index (χ0v) is 11.3. The van der Waals surface area contributed by atoms with Crippen molar-refractivity contribution in [2.75, 3.05) is 34.5 Å². The Kier molecular flexibility index (Phi) is 6.11. The third-order valence-electron chi connectivity index (χ3n) is 2.50. The second-order valence-electron chi connectivity index (χ2n) is 3.86. The van der Waals surface area contributed by atoms with Crippen molar-refractivity contribution in [1.82, 2.24) is 5.32 Å². The normalized spacial score (nSPS) is 11.8. The van der Waals surface area contributed by atoms with Gasteiger partial charge in [-0.15, -0.1) is 0 Å². The molecular weight excluding hydrogens is 250 g/mol. The third kappa shape index (κ3) is 4.11. The van der Waals surface area contributed by atoms with E-state index >= 15 is 0 Å². The van der Waals surface area contributed by atoms with Crippen LogP contribution in [0.2, 0.25) is 0 Å². The van der Waals surface area contributed by atoms with E-state index in [4.69, 9.17) is 14.2 Å². The molecule has 0 bridgehead atoms. The number of rotatable bonds is 7. The number of nitrogens with one attached hydrogen (secondary N) is 1. The van der Waals surface area contributed by atoms with Crippen LogP contribution in [0.15, 0.2) is 18.2 Å². The lowest BCUT2D eigenvalue weighted by Gasteiger charge is -2.14. The molecule has 2 N–H and O–H groups in total. The van der Waals surface area contributed by atoms with Crippen LogP contribution in [0.3, 0.4) is 0 Å². The summed E-state index contributed by atoms with van der Waals surface area (Å²) in [5.74, 6) is 0.502. The second-order valence-corrected chi connectivity index (χ2v) is 3.86. The summed E-state index contributed by atoms with van der Waals surface area (Å²) in [5, 5.41) is 12.1. The number of aliphatic hydroxyl groups excluding tert-OH is 1. The Balaban J connectivity index is 2.76. The number of ether oxygens (including phenoxy) is 3. The highest BCUT2D eigenvalue weighted by Crippen LogP contribution is 2.30. The highest BCUT2D eigenvalue weighted by molar-refractivity contribution is 5.97. The molecule has 1 unspecified atom stereocenters. The number of hydrogen-bond acceptors (Lipinski definition) is 5. The molecule has 0 aliphatic rings. The van der Waals surface area contributed by atoms with Crippen LogP contribution in [0.5, 0.6) is 11.5 Å². The van der Waals surface area contributed by atoms with E-state index in [1.165, 1.54) is 21.3 Å². The maximum Gasteiger partial charge on any atom is 0.255 e. The van der Waals surface area contributed by atoms with Gasteiger partial charge < -0.3 is 24.6 Å². The van der Waals surface area contributed by atoms with Crippen molar-refractivity contribution in [3.63, 3.8) is 0 Å². The fraction of sp³-hybridized carbons (Fsp3) is 0.462. The Labute approximate surface area is 112 Å². The van der Waals surface area contributed by atoms with Crippen molar-refractivity contribution in [1.29, 1.82) is 0 Å². The second kappa shape index (κ2) is 7.60. The van der Waals surface area contributed by atoms with Crippen molar-refractivity contribution in [3.05, 3.63) is 23.8 Å².